The molecule has 0 radical (unpaired) electrons. The van der Waals surface area contributed by atoms with Gasteiger partial charge in [0.05, 0.1) is 0 Å². The summed E-state index contributed by atoms with van der Waals surface area (Å²) in [5.74, 6) is 0.286. The van der Waals surface area contributed by atoms with Crippen molar-refractivity contribution in [3.8, 4) is 5.75 Å². The van der Waals surface area contributed by atoms with E-state index in [2.05, 4.69) is 6.58 Å². The fourth-order valence-electron chi connectivity index (χ4n) is 1.46. The van der Waals surface area contributed by atoms with Crippen molar-refractivity contribution in [1.82, 2.24) is 0 Å². The highest BCUT2D eigenvalue weighted by atomic mass is 16.3. The van der Waals surface area contributed by atoms with Crippen molar-refractivity contribution in [2.24, 2.45) is 0 Å². The monoisotopic (exact) mass is 224 g/mol. The van der Waals surface area contributed by atoms with Crippen molar-refractivity contribution in [2.45, 2.75) is 0 Å². The number of aromatic hydroxyl groups is 1. The zero-order chi connectivity index (χ0) is 12.1. The van der Waals surface area contributed by atoms with E-state index >= 15 is 0 Å². The Morgan fingerprint density at radius 3 is 1.94 bits per heavy atom. The number of benzene rings is 1. The molecule has 84 valence electrons. The van der Waals surface area contributed by atoms with E-state index in [0.717, 1.165) is 11.1 Å². The Kier molecular flexibility index (Phi) is 3.36. The van der Waals surface area contributed by atoms with Gasteiger partial charge in [0.1, 0.15) is 5.75 Å². The first-order chi connectivity index (χ1) is 8.28. The molecule has 1 heterocycles. The maximum atomic E-state index is 9.16. The minimum atomic E-state index is 0.286. The third-order valence-electron chi connectivity index (χ3n) is 2.45. The van der Waals surface area contributed by atoms with Gasteiger partial charge < -0.3 is 5.11 Å². The van der Waals surface area contributed by atoms with Crippen LogP contribution in [0.3, 0.4) is 0 Å². The van der Waals surface area contributed by atoms with Crippen LogP contribution >= 0.6 is 0 Å². The third-order valence-corrected chi connectivity index (χ3v) is 2.45. The number of phenols is 1. The molecule has 0 atom stereocenters. The van der Waals surface area contributed by atoms with Gasteiger partial charge in [-0.05, 0) is 29.8 Å². The summed E-state index contributed by atoms with van der Waals surface area (Å²) in [6.45, 7) is 3.68. The van der Waals surface area contributed by atoms with Crippen LogP contribution < -0.4 is 4.57 Å². The van der Waals surface area contributed by atoms with Gasteiger partial charge in [-0.2, -0.15) is 4.57 Å². The van der Waals surface area contributed by atoms with Crippen LogP contribution in [0.1, 0.15) is 11.1 Å². The number of phenolic OH excluding ortho intramolecular Hbond substituents is 1. The number of nitrogens with zero attached hydrogens (tertiary/aromatic N) is 1. The Bertz CT molecular complexity index is 524. The molecule has 2 rings (SSSR count). The van der Waals surface area contributed by atoms with Gasteiger partial charge in [0.15, 0.2) is 18.6 Å². The van der Waals surface area contributed by atoms with E-state index < -0.39 is 0 Å². The second kappa shape index (κ2) is 5.12. The Morgan fingerprint density at radius 1 is 0.882 bits per heavy atom. The minimum Gasteiger partial charge on any atom is -0.508 e. The summed E-state index contributed by atoms with van der Waals surface area (Å²) < 4.78 is 1.89. The number of hydrogen-bond acceptors (Lipinski definition) is 1. The number of aromatic nitrogens is 1. The molecule has 0 aliphatic heterocycles. The highest BCUT2D eigenvalue weighted by Gasteiger charge is 1.93. The van der Waals surface area contributed by atoms with Gasteiger partial charge in [0, 0.05) is 12.1 Å². The van der Waals surface area contributed by atoms with Crippen LogP contribution in [0.2, 0.25) is 0 Å². The van der Waals surface area contributed by atoms with Crippen molar-refractivity contribution >= 4 is 18.4 Å². The van der Waals surface area contributed by atoms with Gasteiger partial charge in [-0.1, -0.05) is 24.3 Å². The van der Waals surface area contributed by atoms with E-state index in [-0.39, 0.29) is 5.75 Å². The molecule has 0 bridgehead atoms. The zero-order valence-electron chi connectivity index (χ0n) is 9.45. The number of hydrogen-bond donors (Lipinski definition) is 1. The van der Waals surface area contributed by atoms with Crippen LogP contribution in [0.5, 0.6) is 5.75 Å². The number of rotatable bonds is 3. The Balaban J connectivity index is 2.14. The second-order valence-corrected chi connectivity index (χ2v) is 3.69. The summed E-state index contributed by atoms with van der Waals surface area (Å²) in [5.41, 5.74) is 2.18. The molecule has 2 aromatic rings. The molecule has 0 saturated heterocycles. The average Bonchev–Trinajstić information content (AvgIpc) is 2.39. The molecule has 0 unspecified atom stereocenters. The van der Waals surface area contributed by atoms with Gasteiger partial charge >= 0.3 is 0 Å². The van der Waals surface area contributed by atoms with Crippen molar-refractivity contribution in [3.05, 3.63) is 66.5 Å². The van der Waals surface area contributed by atoms with Crippen molar-refractivity contribution < 1.29 is 9.67 Å². The molecule has 1 aromatic carbocycles. The van der Waals surface area contributed by atoms with Gasteiger partial charge in [0.25, 0.3) is 0 Å². The second-order valence-electron chi connectivity index (χ2n) is 3.69. The lowest BCUT2D eigenvalue weighted by atomic mass is 10.1. The first-order valence-corrected chi connectivity index (χ1v) is 5.38. The molecule has 0 fully saturated rings. The maximum absolute atomic E-state index is 9.16. The molecule has 1 aromatic heterocycles. The summed E-state index contributed by atoms with van der Waals surface area (Å²) in [6, 6.07) is 11.1. The molecule has 0 saturated carbocycles. The molecule has 2 heteroatoms. The standard InChI is InChI=1S/C15H13NO/c1-2-16-11-9-14(10-12-16)4-3-13-5-7-15(17)8-6-13/h2-12H,1H2/p+1. The van der Waals surface area contributed by atoms with Crippen molar-refractivity contribution in [1.29, 1.82) is 0 Å². The van der Waals surface area contributed by atoms with E-state index in [1.54, 1.807) is 18.3 Å². The van der Waals surface area contributed by atoms with E-state index in [1.807, 2.05) is 53.4 Å². The van der Waals surface area contributed by atoms with Crippen LogP contribution in [0.4, 0.5) is 0 Å². The Labute approximate surface area is 101 Å². The van der Waals surface area contributed by atoms with E-state index in [0.29, 0.717) is 0 Å². The normalized spacial score (nSPS) is 10.6. The van der Waals surface area contributed by atoms with Gasteiger partial charge in [-0.15, -0.1) is 0 Å². The van der Waals surface area contributed by atoms with Gasteiger partial charge in [-0.25, -0.2) is 0 Å². The molecule has 0 aliphatic rings. The molecular formula is C15H14NO+. The molecule has 1 N–H and O–H groups in total. The van der Waals surface area contributed by atoms with Crippen LogP contribution in [-0.4, -0.2) is 5.11 Å². The molecule has 0 aliphatic carbocycles. The van der Waals surface area contributed by atoms with Crippen LogP contribution in [0.15, 0.2) is 55.4 Å². The minimum absolute atomic E-state index is 0.286. The largest absolute Gasteiger partial charge is 0.508 e. The van der Waals surface area contributed by atoms with Crippen LogP contribution in [-0.2, 0) is 0 Å². The maximum Gasteiger partial charge on any atom is 0.175 e. The van der Waals surface area contributed by atoms with E-state index in [4.69, 9.17) is 5.11 Å². The lowest BCUT2D eigenvalue weighted by molar-refractivity contribution is -0.567. The van der Waals surface area contributed by atoms with Crippen LogP contribution in [0.25, 0.3) is 18.4 Å². The summed E-state index contributed by atoms with van der Waals surface area (Å²) in [7, 11) is 0. The predicted molar refractivity (Wildman–Crippen MR) is 70.1 cm³/mol. The fourth-order valence-corrected chi connectivity index (χ4v) is 1.46. The fraction of sp³-hybridized carbons (Fsp3) is 0. The molecular weight excluding hydrogens is 210 g/mol. The SMILES string of the molecule is C=C[n+]1ccc(/C=C/c2ccc(O)cc2)cc1. The van der Waals surface area contributed by atoms with Crippen LogP contribution in [0, 0.1) is 0 Å². The lowest BCUT2D eigenvalue weighted by Gasteiger charge is -1.94. The Hall–Kier alpha value is -2.35. The molecule has 0 amide bonds. The first kappa shape index (κ1) is 11.1. The van der Waals surface area contributed by atoms with Gasteiger partial charge in [0.2, 0.25) is 0 Å². The summed E-state index contributed by atoms with van der Waals surface area (Å²) >= 11 is 0. The topological polar surface area (TPSA) is 24.1 Å². The molecule has 0 spiro atoms. The summed E-state index contributed by atoms with van der Waals surface area (Å²) in [4.78, 5) is 0. The quantitative estimate of drug-likeness (QED) is 0.796. The summed E-state index contributed by atoms with van der Waals surface area (Å²) in [5, 5.41) is 9.16. The highest BCUT2D eigenvalue weighted by molar-refractivity contribution is 5.69. The predicted octanol–water partition coefficient (Wildman–Crippen LogP) is 2.95. The Morgan fingerprint density at radius 2 is 1.41 bits per heavy atom. The van der Waals surface area contributed by atoms with Crippen molar-refractivity contribution in [3.63, 3.8) is 0 Å². The van der Waals surface area contributed by atoms with E-state index in [9.17, 15) is 0 Å². The number of pyridine rings is 1. The molecule has 2 nitrogen and oxygen atoms in total. The van der Waals surface area contributed by atoms with Crippen molar-refractivity contribution in [2.75, 3.05) is 0 Å². The highest BCUT2D eigenvalue weighted by Crippen LogP contribution is 2.12. The van der Waals surface area contributed by atoms with Gasteiger partial charge in [-0.3, -0.25) is 0 Å². The third kappa shape index (κ3) is 3.05. The average molecular weight is 224 g/mol. The smallest absolute Gasteiger partial charge is 0.175 e. The lowest BCUT2D eigenvalue weighted by Crippen LogP contribution is -2.23. The van der Waals surface area contributed by atoms with E-state index in [1.165, 1.54) is 0 Å². The zero-order valence-corrected chi connectivity index (χ0v) is 9.45. The molecule has 17 heavy (non-hydrogen) atoms. The summed E-state index contributed by atoms with van der Waals surface area (Å²) in [6.07, 6.45) is 9.67. The first-order valence-electron chi connectivity index (χ1n) is 5.38.